The molecule has 1 aliphatic heterocycles. The van der Waals surface area contributed by atoms with Crippen LogP contribution in [0.25, 0.3) is 0 Å². The van der Waals surface area contributed by atoms with Crippen LogP contribution in [0.2, 0.25) is 20.1 Å². The number of hydrogen-bond donors (Lipinski definition) is 1. The van der Waals surface area contributed by atoms with Crippen molar-refractivity contribution in [3.63, 3.8) is 0 Å². The predicted molar refractivity (Wildman–Crippen MR) is 165 cm³/mol. The first-order valence-electron chi connectivity index (χ1n) is 12.4. The van der Waals surface area contributed by atoms with Gasteiger partial charge in [0.1, 0.15) is 11.5 Å². The number of carbonyl (C=O) groups excluding carboxylic acids is 1. The van der Waals surface area contributed by atoms with E-state index in [1.807, 2.05) is 6.07 Å². The van der Waals surface area contributed by atoms with Gasteiger partial charge in [-0.2, -0.15) is 0 Å². The lowest BCUT2D eigenvalue weighted by molar-refractivity contribution is 0.0748. The second-order valence-corrected chi connectivity index (χ2v) is 12.5. The summed E-state index contributed by atoms with van der Waals surface area (Å²) < 4.78 is 34.8. The van der Waals surface area contributed by atoms with Crippen molar-refractivity contribution < 1.29 is 17.9 Å². The third-order valence-electron chi connectivity index (χ3n) is 6.49. The van der Waals surface area contributed by atoms with Crippen LogP contribution in [0.3, 0.4) is 0 Å². The van der Waals surface area contributed by atoms with Crippen molar-refractivity contribution in [2.45, 2.75) is 4.90 Å². The fraction of sp³-hybridized carbons (Fsp3) is 0.138. The van der Waals surface area contributed by atoms with Gasteiger partial charge in [-0.15, -0.1) is 0 Å². The van der Waals surface area contributed by atoms with Crippen LogP contribution in [-0.4, -0.2) is 45.4 Å². The maximum atomic E-state index is 13.5. The quantitative estimate of drug-likeness (QED) is 0.220. The second kappa shape index (κ2) is 12.4. The number of halogens is 4. The Labute approximate surface area is 258 Å². The highest BCUT2D eigenvalue weighted by atomic mass is 35.5. The summed E-state index contributed by atoms with van der Waals surface area (Å²) >= 11 is 24.5. The number of hydrogen-bond acceptors (Lipinski definition) is 5. The number of para-hydroxylation sites is 1. The summed E-state index contributed by atoms with van der Waals surface area (Å²) in [5.74, 6) is 0.534. The number of nitrogens with zero attached hydrogens (tertiary/aromatic N) is 2. The first-order valence-corrected chi connectivity index (χ1v) is 15.4. The van der Waals surface area contributed by atoms with Crippen molar-refractivity contribution >= 4 is 73.7 Å². The Kier molecular flexibility index (Phi) is 8.87. The summed E-state index contributed by atoms with van der Waals surface area (Å²) in [5, 5.41) is 1.68. The topological polar surface area (TPSA) is 78.9 Å². The average molecular weight is 651 g/mol. The number of carbonyl (C=O) groups is 1. The molecule has 41 heavy (non-hydrogen) atoms. The van der Waals surface area contributed by atoms with Crippen molar-refractivity contribution in [1.29, 1.82) is 0 Å². The Morgan fingerprint density at radius 3 is 2.15 bits per heavy atom. The van der Waals surface area contributed by atoms with Gasteiger partial charge in [-0.3, -0.25) is 9.52 Å². The molecule has 1 aliphatic rings. The predicted octanol–water partition coefficient (Wildman–Crippen LogP) is 7.86. The van der Waals surface area contributed by atoms with Gasteiger partial charge >= 0.3 is 0 Å². The van der Waals surface area contributed by atoms with Gasteiger partial charge in [-0.1, -0.05) is 58.5 Å². The van der Waals surface area contributed by atoms with E-state index < -0.39 is 10.0 Å². The zero-order chi connectivity index (χ0) is 29.1. The third-order valence-corrected chi connectivity index (χ3v) is 9.16. The van der Waals surface area contributed by atoms with E-state index in [9.17, 15) is 13.2 Å². The number of ether oxygens (including phenoxy) is 1. The molecule has 0 radical (unpaired) electrons. The van der Waals surface area contributed by atoms with Crippen molar-refractivity contribution in [3.8, 4) is 11.5 Å². The minimum Gasteiger partial charge on any atom is -0.456 e. The number of benzene rings is 4. The minimum atomic E-state index is -4.04. The molecule has 4 aromatic rings. The number of anilines is 2. The SMILES string of the molecule is O=C(c1cc(Cl)ccc1NS(=O)(=O)c1ccc(Oc2ccccc2Cl)cc1)N1CCN(c2ccc(Cl)c(Cl)c2)CC1. The average Bonchev–Trinajstić information content (AvgIpc) is 2.96. The van der Waals surface area contributed by atoms with E-state index in [2.05, 4.69) is 9.62 Å². The molecule has 1 heterocycles. The summed E-state index contributed by atoms with van der Waals surface area (Å²) in [5.41, 5.74) is 1.19. The van der Waals surface area contributed by atoms with E-state index in [0.717, 1.165) is 5.69 Å². The van der Waals surface area contributed by atoms with Crippen LogP contribution >= 0.6 is 46.4 Å². The van der Waals surface area contributed by atoms with Gasteiger partial charge in [0.25, 0.3) is 15.9 Å². The standard InChI is InChI=1S/C29H23Cl4N3O4S/c30-19-5-12-27(34-41(38,39)22-9-7-21(8-10-22)40-28-4-2-1-3-25(28)32)23(17-19)29(37)36-15-13-35(14-16-36)20-6-11-24(31)26(33)18-20/h1-12,17-18,34H,13-16H2. The fourth-order valence-corrected chi connectivity index (χ4v) is 6.07. The highest BCUT2D eigenvalue weighted by molar-refractivity contribution is 7.92. The van der Waals surface area contributed by atoms with E-state index in [0.29, 0.717) is 57.8 Å². The van der Waals surface area contributed by atoms with E-state index >= 15 is 0 Å². The molecule has 0 spiro atoms. The Morgan fingerprint density at radius 2 is 1.46 bits per heavy atom. The van der Waals surface area contributed by atoms with Gasteiger partial charge in [-0.05, 0) is 72.8 Å². The Balaban J connectivity index is 1.29. The molecule has 1 fully saturated rings. The highest BCUT2D eigenvalue weighted by Crippen LogP contribution is 2.31. The number of rotatable bonds is 7. The summed E-state index contributed by atoms with van der Waals surface area (Å²) in [6, 6.07) is 22.7. The number of amides is 1. The van der Waals surface area contributed by atoms with Crippen molar-refractivity contribution in [3.05, 3.63) is 111 Å². The molecule has 0 saturated carbocycles. The summed E-state index contributed by atoms with van der Waals surface area (Å²) in [6.45, 7) is 1.97. The molecule has 0 aliphatic carbocycles. The molecule has 0 bridgehead atoms. The van der Waals surface area contributed by atoms with Crippen LogP contribution in [0.4, 0.5) is 11.4 Å². The largest absolute Gasteiger partial charge is 0.456 e. The van der Waals surface area contributed by atoms with Crippen molar-refractivity contribution in [2.24, 2.45) is 0 Å². The monoisotopic (exact) mass is 649 g/mol. The van der Waals surface area contributed by atoms with Gasteiger partial charge in [0.15, 0.2) is 0 Å². The summed E-state index contributed by atoms with van der Waals surface area (Å²) in [7, 11) is -4.04. The lowest BCUT2D eigenvalue weighted by atomic mass is 10.1. The first kappa shape index (κ1) is 29.4. The zero-order valence-electron chi connectivity index (χ0n) is 21.4. The second-order valence-electron chi connectivity index (χ2n) is 9.18. The van der Waals surface area contributed by atoms with Crippen molar-refractivity contribution in [2.75, 3.05) is 35.8 Å². The highest BCUT2D eigenvalue weighted by Gasteiger charge is 2.26. The van der Waals surface area contributed by atoms with Crippen LogP contribution in [0.5, 0.6) is 11.5 Å². The molecule has 0 unspecified atom stereocenters. The maximum absolute atomic E-state index is 13.5. The zero-order valence-corrected chi connectivity index (χ0v) is 25.2. The fourth-order valence-electron chi connectivity index (χ4n) is 4.35. The van der Waals surface area contributed by atoms with Crippen LogP contribution in [-0.2, 0) is 10.0 Å². The molecule has 7 nitrogen and oxygen atoms in total. The number of sulfonamides is 1. The van der Waals surface area contributed by atoms with Gasteiger partial charge in [0.05, 0.1) is 31.2 Å². The molecule has 0 aromatic heterocycles. The first-order chi connectivity index (χ1) is 19.6. The van der Waals surface area contributed by atoms with Gasteiger partial charge in [0.2, 0.25) is 0 Å². The third kappa shape index (κ3) is 6.85. The lowest BCUT2D eigenvalue weighted by Crippen LogP contribution is -2.49. The molecule has 12 heteroatoms. The Bertz CT molecular complexity index is 1690. The van der Waals surface area contributed by atoms with Crippen molar-refractivity contribution in [1.82, 2.24) is 4.90 Å². The molecular formula is C29H23Cl4N3O4S. The molecule has 1 N–H and O–H groups in total. The van der Waals surface area contributed by atoms with Gasteiger partial charge in [0, 0.05) is 36.9 Å². The van der Waals surface area contributed by atoms with Crippen LogP contribution in [0.15, 0.2) is 89.8 Å². The van der Waals surface area contributed by atoms with Crippen LogP contribution in [0, 0.1) is 0 Å². The lowest BCUT2D eigenvalue weighted by Gasteiger charge is -2.36. The minimum absolute atomic E-state index is 0.00685. The summed E-state index contributed by atoms with van der Waals surface area (Å²) in [4.78, 5) is 17.3. The molecule has 212 valence electrons. The molecule has 1 amide bonds. The smallest absolute Gasteiger partial charge is 0.261 e. The molecule has 1 saturated heterocycles. The maximum Gasteiger partial charge on any atom is 0.261 e. The van der Waals surface area contributed by atoms with E-state index in [4.69, 9.17) is 51.1 Å². The molecular weight excluding hydrogens is 628 g/mol. The Hall–Kier alpha value is -3.14. The number of piperazine rings is 1. The number of nitrogens with one attached hydrogen (secondary N) is 1. The normalized spacial score (nSPS) is 13.7. The van der Waals surface area contributed by atoms with Crippen LogP contribution < -0.4 is 14.4 Å². The van der Waals surface area contributed by atoms with E-state index in [1.165, 1.54) is 42.5 Å². The summed E-state index contributed by atoms with van der Waals surface area (Å²) in [6.07, 6.45) is 0. The van der Waals surface area contributed by atoms with E-state index in [-0.39, 0.29) is 22.1 Å². The van der Waals surface area contributed by atoms with E-state index in [1.54, 1.807) is 41.3 Å². The molecule has 4 aromatic carbocycles. The Morgan fingerprint density at radius 1 is 0.756 bits per heavy atom. The molecule has 5 rings (SSSR count). The van der Waals surface area contributed by atoms with Crippen LogP contribution in [0.1, 0.15) is 10.4 Å². The van der Waals surface area contributed by atoms with Gasteiger partial charge < -0.3 is 14.5 Å². The van der Waals surface area contributed by atoms with Gasteiger partial charge in [-0.25, -0.2) is 8.42 Å². The molecule has 0 atom stereocenters.